The summed E-state index contributed by atoms with van der Waals surface area (Å²) in [6, 6.07) is 4.26. The van der Waals surface area contributed by atoms with Crippen LogP contribution in [0.25, 0.3) is 5.69 Å². The van der Waals surface area contributed by atoms with Crippen LogP contribution in [0.1, 0.15) is 5.56 Å². The average molecular weight is 264 g/mol. The Hall–Kier alpha value is -2.37. The van der Waals surface area contributed by atoms with E-state index in [9.17, 15) is 9.18 Å². The second-order valence-corrected chi connectivity index (χ2v) is 3.90. The number of nitrogens with zero attached hydrogens (tertiary/aromatic N) is 2. The molecule has 1 heterocycles. The van der Waals surface area contributed by atoms with Crippen molar-refractivity contribution in [1.82, 2.24) is 9.78 Å². The van der Waals surface area contributed by atoms with Crippen LogP contribution in [0.4, 0.5) is 4.39 Å². The molecule has 0 aliphatic rings. The summed E-state index contributed by atoms with van der Waals surface area (Å²) in [5, 5.41) is 4.08. The Balaban J connectivity index is 2.27. The molecule has 0 bridgehead atoms. The molecule has 0 aliphatic heterocycles. The van der Waals surface area contributed by atoms with Gasteiger partial charge in [-0.2, -0.15) is 5.10 Å². The summed E-state index contributed by atoms with van der Waals surface area (Å²) < 4.78 is 24.4. The Morgan fingerprint density at radius 3 is 2.84 bits per heavy atom. The minimum absolute atomic E-state index is 0.128. The monoisotopic (exact) mass is 264 g/mol. The van der Waals surface area contributed by atoms with E-state index in [1.54, 1.807) is 12.3 Å². The first-order valence-electron chi connectivity index (χ1n) is 5.57. The zero-order valence-electron chi connectivity index (χ0n) is 10.6. The van der Waals surface area contributed by atoms with E-state index in [1.807, 2.05) is 0 Å². The lowest BCUT2D eigenvalue weighted by Crippen LogP contribution is -2.03. The van der Waals surface area contributed by atoms with Gasteiger partial charge < -0.3 is 9.47 Å². The van der Waals surface area contributed by atoms with Crippen molar-refractivity contribution < 1.29 is 18.7 Å². The topological polar surface area (TPSA) is 53.3 Å². The van der Waals surface area contributed by atoms with Crippen LogP contribution in [0.2, 0.25) is 0 Å². The molecule has 0 unspecified atom stereocenters. The van der Waals surface area contributed by atoms with Gasteiger partial charge >= 0.3 is 5.97 Å². The molecule has 0 amide bonds. The van der Waals surface area contributed by atoms with E-state index >= 15 is 0 Å². The second kappa shape index (κ2) is 5.51. The Kier molecular flexibility index (Phi) is 3.79. The van der Waals surface area contributed by atoms with E-state index in [1.165, 1.54) is 37.2 Å². The van der Waals surface area contributed by atoms with Crippen molar-refractivity contribution in [2.45, 2.75) is 6.42 Å². The third-order valence-corrected chi connectivity index (χ3v) is 2.57. The zero-order valence-corrected chi connectivity index (χ0v) is 10.6. The van der Waals surface area contributed by atoms with Gasteiger partial charge in [0.25, 0.3) is 0 Å². The summed E-state index contributed by atoms with van der Waals surface area (Å²) >= 11 is 0. The Bertz CT molecular complexity index is 595. The van der Waals surface area contributed by atoms with Crippen molar-refractivity contribution in [3.05, 3.63) is 42.0 Å². The SMILES string of the molecule is COC(=O)Cc1cnn(-c2cc(F)cc(OC)c2)c1. The first kappa shape index (κ1) is 13.1. The van der Waals surface area contributed by atoms with E-state index in [-0.39, 0.29) is 12.4 Å². The fraction of sp³-hybridized carbons (Fsp3) is 0.231. The van der Waals surface area contributed by atoms with E-state index in [0.717, 1.165) is 0 Å². The van der Waals surface area contributed by atoms with Gasteiger partial charge in [0.2, 0.25) is 0 Å². The zero-order chi connectivity index (χ0) is 13.8. The largest absolute Gasteiger partial charge is 0.497 e. The van der Waals surface area contributed by atoms with E-state index in [0.29, 0.717) is 17.0 Å². The van der Waals surface area contributed by atoms with Crippen LogP contribution >= 0.6 is 0 Å². The van der Waals surface area contributed by atoms with Gasteiger partial charge in [0, 0.05) is 23.9 Å². The van der Waals surface area contributed by atoms with Gasteiger partial charge in [-0.1, -0.05) is 0 Å². The molecule has 2 rings (SSSR count). The van der Waals surface area contributed by atoms with E-state index < -0.39 is 5.82 Å². The molecule has 0 spiro atoms. The molecule has 0 N–H and O–H groups in total. The molecule has 1 aromatic heterocycles. The maximum Gasteiger partial charge on any atom is 0.310 e. The molecule has 0 fully saturated rings. The molecular weight excluding hydrogens is 251 g/mol. The van der Waals surface area contributed by atoms with E-state index in [4.69, 9.17) is 4.74 Å². The van der Waals surface area contributed by atoms with Gasteiger partial charge in [-0.3, -0.25) is 4.79 Å². The van der Waals surface area contributed by atoms with Gasteiger partial charge in [-0.25, -0.2) is 9.07 Å². The highest BCUT2D eigenvalue weighted by Crippen LogP contribution is 2.19. The molecule has 2 aromatic rings. The number of ether oxygens (including phenoxy) is 2. The number of aromatic nitrogens is 2. The van der Waals surface area contributed by atoms with Crippen molar-refractivity contribution in [2.75, 3.05) is 14.2 Å². The number of methoxy groups -OCH3 is 2. The molecule has 19 heavy (non-hydrogen) atoms. The second-order valence-electron chi connectivity index (χ2n) is 3.90. The number of hydrogen-bond acceptors (Lipinski definition) is 4. The summed E-state index contributed by atoms with van der Waals surface area (Å²) in [5.41, 5.74) is 1.21. The Morgan fingerprint density at radius 2 is 2.16 bits per heavy atom. The van der Waals surface area contributed by atoms with Crippen LogP contribution in [-0.4, -0.2) is 30.0 Å². The third-order valence-electron chi connectivity index (χ3n) is 2.57. The lowest BCUT2D eigenvalue weighted by Gasteiger charge is -2.05. The quantitative estimate of drug-likeness (QED) is 0.789. The first-order valence-corrected chi connectivity index (χ1v) is 5.57. The fourth-order valence-electron chi connectivity index (χ4n) is 1.63. The summed E-state index contributed by atoms with van der Waals surface area (Å²) in [5.74, 6) is -0.365. The fourth-order valence-corrected chi connectivity index (χ4v) is 1.63. The van der Waals surface area contributed by atoms with Crippen molar-refractivity contribution in [1.29, 1.82) is 0 Å². The number of esters is 1. The summed E-state index contributed by atoms with van der Waals surface area (Å²) in [6.45, 7) is 0. The predicted octanol–water partition coefficient (Wildman–Crippen LogP) is 1.74. The lowest BCUT2D eigenvalue weighted by molar-refractivity contribution is -0.139. The number of rotatable bonds is 4. The number of hydrogen-bond donors (Lipinski definition) is 0. The van der Waals surface area contributed by atoms with Crippen molar-refractivity contribution in [3.8, 4) is 11.4 Å². The summed E-state index contributed by atoms with van der Waals surface area (Å²) in [7, 11) is 2.79. The number of carbonyl (C=O) groups excluding carboxylic acids is 1. The van der Waals surface area contributed by atoms with Crippen LogP contribution in [0, 0.1) is 5.82 Å². The molecular formula is C13H13FN2O3. The molecule has 0 atom stereocenters. The number of carbonyl (C=O) groups is 1. The molecule has 6 heteroatoms. The molecule has 0 saturated carbocycles. The van der Waals surface area contributed by atoms with Gasteiger partial charge in [-0.05, 0) is 6.07 Å². The highest BCUT2D eigenvalue weighted by atomic mass is 19.1. The smallest absolute Gasteiger partial charge is 0.310 e. The maximum atomic E-state index is 13.4. The van der Waals surface area contributed by atoms with E-state index in [2.05, 4.69) is 9.84 Å². The lowest BCUT2D eigenvalue weighted by atomic mass is 10.2. The molecule has 1 aromatic carbocycles. The Labute approximate surface area is 109 Å². The molecule has 0 saturated heterocycles. The highest BCUT2D eigenvalue weighted by Gasteiger charge is 2.08. The Morgan fingerprint density at radius 1 is 1.37 bits per heavy atom. The average Bonchev–Trinajstić information content (AvgIpc) is 2.86. The molecule has 0 aliphatic carbocycles. The van der Waals surface area contributed by atoms with Crippen LogP contribution in [-0.2, 0) is 16.0 Å². The van der Waals surface area contributed by atoms with Crippen LogP contribution in [0.5, 0.6) is 5.75 Å². The number of halogens is 1. The molecule has 0 radical (unpaired) electrons. The predicted molar refractivity (Wildman–Crippen MR) is 65.8 cm³/mol. The third kappa shape index (κ3) is 3.09. The van der Waals surface area contributed by atoms with Gasteiger partial charge in [0.15, 0.2) is 0 Å². The van der Waals surface area contributed by atoms with Crippen molar-refractivity contribution in [2.24, 2.45) is 0 Å². The summed E-state index contributed by atoms with van der Waals surface area (Å²) in [6.07, 6.45) is 3.31. The summed E-state index contributed by atoms with van der Waals surface area (Å²) in [4.78, 5) is 11.1. The van der Waals surface area contributed by atoms with Crippen molar-refractivity contribution in [3.63, 3.8) is 0 Å². The molecule has 5 nitrogen and oxygen atoms in total. The number of benzene rings is 1. The van der Waals surface area contributed by atoms with Crippen LogP contribution in [0.3, 0.4) is 0 Å². The van der Waals surface area contributed by atoms with Crippen molar-refractivity contribution >= 4 is 5.97 Å². The van der Waals surface area contributed by atoms with Crippen LogP contribution in [0.15, 0.2) is 30.6 Å². The minimum Gasteiger partial charge on any atom is -0.497 e. The van der Waals surface area contributed by atoms with Gasteiger partial charge in [0.1, 0.15) is 11.6 Å². The molecule has 100 valence electrons. The van der Waals surface area contributed by atoms with Crippen LogP contribution < -0.4 is 4.74 Å². The first-order chi connectivity index (χ1) is 9.12. The maximum absolute atomic E-state index is 13.4. The minimum atomic E-state index is -0.417. The normalized spacial score (nSPS) is 10.3. The van der Waals surface area contributed by atoms with Gasteiger partial charge in [0.05, 0.1) is 32.5 Å². The highest BCUT2D eigenvalue weighted by molar-refractivity contribution is 5.72. The standard InChI is InChI=1S/C13H13FN2O3/c1-18-12-5-10(14)4-11(6-12)16-8-9(7-15-16)3-13(17)19-2/h4-8H,3H2,1-2H3. The van der Waals surface area contributed by atoms with Gasteiger partial charge in [-0.15, -0.1) is 0 Å².